The molecule has 0 aliphatic carbocycles. The Bertz CT molecular complexity index is 533. The lowest BCUT2D eigenvalue weighted by Gasteiger charge is -2.17. The molecule has 2 aromatic rings. The summed E-state index contributed by atoms with van der Waals surface area (Å²) in [7, 11) is 1.69. The van der Waals surface area contributed by atoms with E-state index in [1.54, 1.807) is 13.3 Å². The number of hydrogen-bond donors (Lipinski definition) is 1. The molecule has 0 radical (unpaired) electrons. The van der Waals surface area contributed by atoms with Crippen LogP contribution < -0.4 is 5.32 Å². The van der Waals surface area contributed by atoms with Crippen LogP contribution in [0.15, 0.2) is 30.6 Å². The van der Waals surface area contributed by atoms with Gasteiger partial charge in [-0.15, -0.1) is 0 Å². The summed E-state index contributed by atoms with van der Waals surface area (Å²) in [5.41, 5.74) is 1.97. The molecule has 1 unspecified atom stereocenters. The predicted octanol–water partition coefficient (Wildman–Crippen LogP) is 3.80. The summed E-state index contributed by atoms with van der Waals surface area (Å²) in [5, 5.41) is 3.98. The molecule has 5 heteroatoms. The van der Waals surface area contributed by atoms with E-state index in [0.29, 0.717) is 11.6 Å². The Hall–Kier alpha value is -1.52. The van der Waals surface area contributed by atoms with Gasteiger partial charge in [0.1, 0.15) is 0 Å². The van der Waals surface area contributed by atoms with E-state index >= 15 is 0 Å². The highest BCUT2D eigenvalue weighted by Crippen LogP contribution is 2.28. The van der Waals surface area contributed by atoms with Crippen molar-refractivity contribution in [2.24, 2.45) is 0 Å². The second-order valence-electron chi connectivity index (χ2n) is 4.52. The Kier molecular flexibility index (Phi) is 4.45. The number of imidazole rings is 1. The molecule has 0 fully saturated rings. The van der Waals surface area contributed by atoms with Gasteiger partial charge in [0, 0.05) is 19.5 Å². The maximum Gasteiger partial charge on any atom is 0.207 e. The van der Waals surface area contributed by atoms with Crippen molar-refractivity contribution < 1.29 is 4.74 Å². The van der Waals surface area contributed by atoms with Crippen LogP contribution in [0.5, 0.6) is 0 Å². The SMILES string of the molecule is COCC(C)n1ccnc1Nc1c(C)cccc1Cl. The normalized spacial score (nSPS) is 12.4. The van der Waals surface area contributed by atoms with Gasteiger partial charge in [0.05, 0.1) is 23.4 Å². The van der Waals surface area contributed by atoms with Crippen LogP contribution in [-0.2, 0) is 4.74 Å². The van der Waals surface area contributed by atoms with Crippen LogP contribution in [0.3, 0.4) is 0 Å². The first-order valence-electron chi connectivity index (χ1n) is 6.17. The highest BCUT2D eigenvalue weighted by atomic mass is 35.5. The molecule has 4 nitrogen and oxygen atoms in total. The van der Waals surface area contributed by atoms with Crippen LogP contribution in [0.4, 0.5) is 11.6 Å². The van der Waals surface area contributed by atoms with Crippen molar-refractivity contribution >= 4 is 23.2 Å². The number of ether oxygens (including phenoxy) is 1. The quantitative estimate of drug-likeness (QED) is 0.905. The van der Waals surface area contributed by atoms with Gasteiger partial charge >= 0.3 is 0 Å². The molecular formula is C14H18ClN3O. The molecule has 0 aliphatic rings. The first-order valence-corrected chi connectivity index (χ1v) is 6.55. The fraction of sp³-hybridized carbons (Fsp3) is 0.357. The minimum absolute atomic E-state index is 0.206. The lowest BCUT2D eigenvalue weighted by molar-refractivity contribution is 0.163. The lowest BCUT2D eigenvalue weighted by Crippen LogP contribution is -2.13. The third-order valence-corrected chi connectivity index (χ3v) is 3.33. The fourth-order valence-electron chi connectivity index (χ4n) is 1.99. The van der Waals surface area contributed by atoms with Crippen molar-refractivity contribution in [3.63, 3.8) is 0 Å². The number of halogens is 1. The van der Waals surface area contributed by atoms with Gasteiger partial charge in [0.15, 0.2) is 0 Å². The largest absolute Gasteiger partial charge is 0.383 e. The number of nitrogens with zero attached hydrogens (tertiary/aromatic N) is 2. The maximum absolute atomic E-state index is 6.22. The predicted molar refractivity (Wildman–Crippen MR) is 78.3 cm³/mol. The van der Waals surface area contributed by atoms with Crippen molar-refractivity contribution in [3.05, 3.63) is 41.2 Å². The van der Waals surface area contributed by atoms with E-state index in [1.807, 2.05) is 35.9 Å². The van der Waals surface area contributed by atoms with Crippen molar-refractivity contribution in [2.75, 3.05) is 19.0 Å². The third kappa shape index (κ3) is 3.08. The Balaban J connectivity index is 2.27. The topological polar surface area (TPSA) is 39.1 Å². The second kappa shape index (κ2) is 6.08. The number of aromatic nitrogens is 2. The zero-order chi connectivity index (χ0) is 13.8. The van der Waals surface area contributed by atoms with Gasteiger partial charge in [-0.25, -0.2) is 4.98 Å². The van der Waals surface area contributed by atoms with Gasteiger partial charge in [0.2, 0.25) is 5.95 Å². The van der Waals surface area contributed by atoms with E-state index in [0.717, 1.165) is 17.2 Å². The molecule has 0 saturated carbocycles. The average molecular weight is 280 g/mol. The van der Waals surface area contributed by atoms with Crippen LogP contribution in [0.25, 0.3) is 0 Å². The number of anilines is 2. The maximum atomic E-state index is 6.22. The molecule has 102 valence electrons. The number of para-hydroxylation sites is 1. The summed E-state index contributed by atoms with van der Waals surface area (Å²) in [6.07, 6.45) is 3.69. The molecule has 2 rings (SSSR count). The number of hydrogen-bond acceptors (Lipinski definition) is 3. The Labute approximate surface area is 118 Å². The Morgan fingerprint density at radius 3 is 2.95 bits per heavy atom. The summed E-state index contributed by atoms with van der Waals surface area (Å²) in [4.78, 5) is 4.33. The fourth-order valence-corrected chi connectivity index (χ4v) is 2.26. The van der Waals surface area contributed by atoms with Crippen LogP contribution in [0.2, 0.25) is 5.02 Å². The van der Waals surface area contributed by atoms with Crippen molar-refractivity contribution in [3.8, 4) is 0 Å². The number of rotatable bonds is 5. The molecule has 1 aromatic carbocycles. The van der Waals surface area contributed by atoms with Gasteiger partial charge in [-0.3, -0.25) is 0 Å². The van der Waals surface area contributed by atoms with Crippen molar-refractivity contribution in [1.29, 1.82) is 0 Å². The van der Waals surface area contributed by atoms with Crippen LogP contribution in [0, 0.1) is 6.92 Å². The average Bonchev–Trinajstić information content (AvgIpc) is 2.82. The molecule has 0 saturated heterocycles. The Morgan fingerprint density at radius 2 is 2.26 bits per heavy atom. The number of methoxy groups -OCH3 is 1. The molecule has 0 amide bonds. The summed E-state index contributed by atoms with van der Waals surface area (Å²) in [6.45, 7) is 4.72. The molecule has 0 spiro atoms. The first-order chi connectivity index (χ1) is 9.13. The molecule has 1 atom stereocenters. The van der Waals surface area contributed by atoms with E-state index in [1.165, 1.54) is 0 Å². The number of aryl methyl sites for hydroxylation is 1. The van der Waals surface area contributed by atoms with Gasteiger partial charge < -0.3 is 14.6 Å². The zero-order valence-corrected chi connectivity index (χ0v) is 12.1. The monoisotopic (exact) mass is 279 g/mol. The zero-order valence-electron chi connectivity index (χ0n) is 11.4. The first kappa shape index (κ1) is 13.9. The van der Waals surface area contributed by atoms with Gasteiger partial charge in [-0.05, 0) is 25.5 Å². The minimum Gasteiger partial charge on any atom is -0.383 e. The van der Waals surface area contributed by atoms with Gasteiger partial charge in [-0.2, -0.15) is 0 Å². The molecular weight excluding hydrogens is 262 g/mol. The molecule has 0 bridgehead atoms. The van der Waals surface area contributed by atoms with Crippen LogP contribution in [-0.4, -0.2) is 23.3 Å². The van der Waals surface area contributed by atoms with E-state index in [4.69, 9.17) is 16.3 Å². The smallest absolute Gasteiger partial charge is 0.207 e. The van der Waals surface area contributed by atoms with E-state index in [2.05, 4.69) is 17.2 Å². The van der Waals surface area contributed by atoms with E-state index in [-0.39, 0.29) is 6.04 Å². The molecule has 19 heavy (non-hydrogen) atoms. The van der Waals surface area contributed by atoms with Crippen molar-refractivity contribution in [1.82, 2.24) is 9.55 Å². The minimum atomic E-state index is 0.206. The summed E-state index contributed by atoms with van der Waals surface area (Å²) >= 11 is 6.22. The van der Waals surface area contributed by atoms with Crippen LogP contribution >= 0.6 is 11.6 Å². The molecule has 1 aromatic heterocycles. The van der Waals surface area contributed by atoms with Crippen LogP contribution in [0.1, 0.15) is 18.5 Å². The summed E-state index contributed by atoms with van der Waals surface area (Å²) in [5.74, 6) is 0.765. The van der Waals surface area contributed by atoms with Crippen molar-refractivity contribution in [2.45, 2.75) is 19.9 Å². The molecule has 0 aliphatic heterocycles. The number of nitrogens with one attached hydrogen (secondary N) is 1. The molecule has 1 heterocycles. The van der Waals surface area contributed by atoms with E-state index in [9.17, 15) is 0 Å². The highest BCUT2D eigenvalue weighted by Gasteiger charge is 2.12. The summed E-state index contributed by atoms with van der Waals surface area (Å²) < 4.78 is 7.21. The standard InChI is InChI=1S/C14H18ClN3O/c1-10-5-4-6-12(15)13(10)17-14-16-7-8-18(14)11(2)9-19-3/h4-8,11H,9H2,1-3H3,(H,16,17). The number of benzene rings is 1. The highest BCUT2D eigenvalue weighted by molar-refractivity contribution is 6.33. The van der Waals surface area contributed by atoms with E-state index < -0.39 is 0 Å². The van der Waals surface area contributed by atoms with Gasteiger partial charge in [-0.1, -0.05) is 23.7 Å². The lowest BCUT2D eigenvalue weighted by atomic mass is 10.2. The molecule has 1 N–H and O–H groups in total. The second-order valence-corrected chi connectivity index (χ2v) is 4.93. The Morgan fingerprint density at radius 1 is 1.47 bits per heavy atom. The third-order valence-electron chi connectivity index (χ3n) is 3.01. The summed E-state index contributed by atoms with van der Waals surface area (Å²) in [6, 6.07) is 6.02. The van der Waals surface area contributed by atoms with Gasteiger partial charge in [0.25, 0.3) is 0 Å².